The summed E-state index contributed by atoms with van der Waals surface area (Å²) in [6.07, 6.45) is 0. The molecule has 3 N–H and O–H groups in total. The molecule has 1 aromatic carbocycles. The minimum atomic E-state index is 0.122. The standard InChI is InChI=1S/C14H22ClN3O/c1-2-17-5-7-18(8-6-17)13(10-16)11-3-4-14(19)12(15)9-11/h3-4,9,13,19H,2,5-8,10,16H2,1H3. The van der Waals surface area contributed by atoms with Crippen LogP contribution in [0.5, 0.6) is 5.75 Å². The van der Waals surface area contributed by atoms with Crippen molar-refractivity contribution in [1.82, 2.24) is 9.80 Å². The van der Waals surface area contributed by atoms with Gasteiger partial charge in [-0.2, -0.15) is 0 Å². The maximum absolute atomic E-state index is 9.49. The summed E-state index contributed by atoms with van der Waals surface area (Å²) in [6, 6.07) is 5.55. The van der Waals surface area contributed by atoms with Gasteiger partial charge >= 0.3 is 0 Å². The highest BCUT2D eigenvalue weighted by molar-refractivity contribution is 6.32. The molecule has 106 valence electrons. The summed E-state index contributed by atoms with van der Waals surface area (Å²) in [5.74, 6) is 0.122. The molecule has 0 saturated carbocycles. The van der Waals surface area contributed by atoms with Crippen LogP contribution in [0.1, 0.15) is 18.5 Å². The Hall–Kier alpha value is -0.810. The summed E-state index contributed by atoms with van der Waals surface area (Å²) in [7, 11) is 0. The van der Waals surface area contributed by atoms with Crippen molar-refractivity contribution in [3.05, 3.63) is 28.8 Å². The van der Waals surface area contributed by atoms with Crippen molar-refractivity contribution in [2.45, 2.75) is 13.0 Å². The Morgan fingerprint density at radius 1 is 1.32 bits per heavy atom. The van der Waals surface area contributed by atoms with E-state index in [1.165, 1.54) is 0 Å². The van der Waals surface area contributed by atoms with Crippen LogP contribution in [-0.2, 0) is 0 Å². The minimum Gasteiger partial charge on any atom is -0.506 e. The van der Waals surface area contributed by atoms with Gasteiger partial charge in [-0.05, 0) is 24.2 Å². The second-order valence-corrected chi connectivity index (χ2v) is 5.34. The van der Waals surface area contributed by atoms with Gasteiger partial charge in [0.05, 0.1) is 5.02 Å². The van der Waals surface area contributed by atoms with Crippen LogP contribution in [0.15, 0.2) is 18.2 Å². The highest BCUT2D eigenvalue weighted by Gasteiger charge is 2.23. The molecular formula is C14H22ClN3O. The first-order valence-corrected chi connectivity index (χ1v) is 7.18. The molecular weight excluding hydrogens is 262 g/mol. The molecule has 0 bridgehead atoms. The van der Waals surface area contributed by atoms with E-state index < -0.39 is 0 Å². The molecule has 2 rings (SSSR count). The summed E-state index contributed by atoms with van der Waals surface area (Å²) >= 11 is 5.98. The molecule has 4 nitrogen and oxygen atoms in total. The van der Waals surface area contributed by atoms with Crippen molar-refractivity contribution < 1.29 is 5.11 Å². The monoisotopic (exact) mass is 283 g/mol. The SMILES string of the molecule is CCN1CCN(C(CN)c2ccc(O)c(Cl)c2)CC1. The lowest BCUT2D eigenvalue weighted by Gasteiger charge is -2.38. The molecule has 0 radical (unpaired) electrons. The Kier molecular flexibility index (Phi) is 5.05. The van der Waals surface area contributed by atoms with Gasteiger partial charge < -0.3 is 15.7 Å². The largest absolute Gasteiger partial charge is 0.506 e. The van der Waals surface area contributed by atoms with Crippen molar-refractivity contribution in [2.75, 3.05) is 39.3 Å². The van der Waals surface area contributed by atoms with Crippen LogP contribution in [-0.4, -0.2) is 54.2 Å². The molecule has 1 fully saturated rings. The van der Waals surface area contributed by atoms with Crippen LogP contribution < -0.4 is 5.73 Å². The van der Waals surface area contributed by atoms with E-state index in [1.807, 2.05) is 12.1 Å². The smallest absolute Gasteiger partial charge is 0.134 e. The quantitative estimate of drug-likeness (QED) is 0.883. The first-order valence-electron chi connectivity index (χ1n) is 6.80. The topological polar surface area (TPSA) is 52.7 Å². The van der Waals surface area contributed by atoms with Crippen LogP contribution in [0.25, 0.3) is 0 Å². The molecule has 1 unspecified atom stereocenters. The molecule has 5 heteroatoms. The predicted molar refractivity (Wildman–Crippen MR) is 78.6 cm³/mol. The first-order chi connectivity index (χ1) is 9.15. The Morgan fingerprint density at radius 3 is 2.53 bits per heavy atom. The zero-order chi connectivity index (χ0) is 13.8. The molecule has 0 aliphatic carbocycles. The summed E-state index contributed by atoms with van der Waals surface area (Å²) in [5, 5.41) is 9.88. The number of nitrogens with two attached hydrogens (primary N) is 1. The van der Waals surface area contributed by atoms with Gasteiger partial charge in [-0.3, -0.25) is 4.90 Å². The minimum absolute atomic E-state index is 0.122. The zero-order valence-corrected chi connectivity index (χ0v) is 12.1. The van der Waals surface area contributed by atoms with Gasteiger partial charge in [-0.15, -0.1) is 0 Å². The van der Waals surface area contributed by atoms with Gasteiger partial charge in [-0.25, -0.2) is 0 Å². The molecule has 1 aromatic rings. The number of hydrogen-bond donors (Lipinski definition) is 2. The normalized spacial score (nSPS) is 19.5. The predicted octanol–water partition coefficient (Wildman–Crippen LogP) is 1.68. The lowest BCUT2D eigenvalue weighted by atomic mass is 10.0. The summed E-state index contributed by atoms with van der Waals surface area (Å²) in [5.41, 5.74) is 7.01. The zero-order valence-electron chi connectivity index (χ0n) is 11.3. The van der Waals surface area contributed by atoms with Crippen molar-refractivity contribution in [3.8, 4) is 5.75 Å². The Balaban J connectivity index is 2.09. The Bertz CT molecular complexity index is 419. The van der Waals surface area contributed by atoms with Crippen molar-refractivity contribution in [1.29, 1.82) is 0 Å². The van der Waals surface area contributed by atoms with Crippen LogP contribution in [0.3, 0.4) is 0 Å². The average Bonchev–Trinajstić information content (AvgIpc) is 2.44. The fourth-order valence-corrected chi connectivity index (χ4v) is 2.81. The number of phenols is 1. The highest BCUT2D eigenvalue weighted by Crippen LogP contribution is 2.29. The fraction of sp³-hybridized carbons (Fsp3) is 0.571. The number of nitrogens with zero attached hydrogens (tertiary/aromatic N) is 2. The van der Waals surface area contributed by atoms with E-state index in [2.05, 4.69) is 16.7 Å². The van der Waals surface area contributed by atoms with Gasteiger partial charge in [0.25, 0.3) is 0 Å². The number of halogens is 1. The van der Waals surface area contributed by atoms with Crippen LogP contribution in [0.2, 0.25) is 5.02 Å². The van der Waals surface area contributed by atoms with Gasteiger partial charge in [0.1, 0.15) is 5.75 Å². The van der Waals surface area contributed by atoms with Gasteiger partial charge in [0, 0.05) is 38.8 Å². The lowest BCUT2D eigenvalue weighted by Crippen LogP contribution is -2.48. The number of hydrogen-bond acceptors (Lipinski definition) is 4. The molecule has 0 amide bonds. The Labute approximate surface area is 119 Å². The van der Waals surface area contributed by atoms with Gasteiger partial charge in [-0.1, -0.05) is 24.6 Å². The third-order valence-corrected chi connectivity index (χ3v) is 4.18. The number of aromatic hydroxyl groups is 1. The molecule has 1 atom stereocenters. The van der Waals surface area contributed by atoms with E-state index in [0.717, 1.165) is 38.3 Å². The second kappa shape index (κ2) is 6.57. The molecule has 19 heavy (non-hydrogen) atoms. The second-order valence-electron chi connectivity index (χ2n) is 4.93. The van der Waals surface area contributed by atoms with E-state index in [9.17, 15) is 5.11 Å². The third-order valence-electron chi connectivity index (χ3n) is 3.87. The average molecular weight is 284 g/mol. The van der Waals surface area contributed by atoms with Crippen molar-refractivity contribution in [3.63, 3.8) is 0 Å². The number of rotatable bonds is 4. The summed E-state index contributed by atoms with van der Waals surface area (Å²) < 4.78 is 0. The van der Waals surface area contributed by atoms with Crippen molar-refractivity contribution >= 4 is 11.6 Å². The van der Waals surface area contributed by atoms with E-state index in [0.29, 0.717) is 11.6 Å². The van der Waals surface area contributed by atoms with Gasteiger partial charge in [0.2, 0.25) is 0 Å². The van der Waals surface area contributed by atoms with E-state index >= 15 is 0 Å². The maximum Gasteiger partial charge on any atom is 0.134 e. The number of likely N-dealkylation sites (N-methyl/N-ethyl adjacent to an activating group) is 1. The molecule has 0 spiro atoms. The van der Waals surface area contributed by atoms with Crippen LogP contribution in [0.4, 0.5) is 0 Å². The van der Waals surface area contributed by atoms with E-state index in [4.69, 9.17) is 17.3 Å². The number of benzene rings is 1. The maximum atomic E-state index is 9.49. The molecule has 1 aliphatic rings. The lowest BCUT2D eigenvalue weighted by molar-refractivity contribution is 0.102. The molecule has 1 saturated heterocycles. The Morgan fingerprint density at radius 2 is 2.00 bits per heavy atom. The number of piperazine rings is 1. The van der Waals surface area contributed by atoms with Crippen LogP contribution in [0, 0.1) is 0 Å². The van der Waals surface area contributed by atoms with E-state index in [-0.39, 0.29) is 11.8 Å². The number of phenolic OH excluding ortho intramolecular Hbond substituents is 1. The molecule has 1 aliphatic heterocycles. The summed E-state index contributed by atoms with van der Waals surface area (Å²) in [4.78, 5) is 4.84. The highest BCUT2D eigenvalue weighted by atomic mass is 35.5. The summed E-state index contributed by atoms with van der Waals surface area (Å²) in [6.45, 7) is 8.06. The van der Waals surface area contributed by atoms with Crippen molar-refractivity contribution in [2.24, 2.45) is 5.73 Å². The third kappa shape index (κ3) is 3.39. The first kappa shape index (κ1) is 14.6. The molecule has 1 heterocycles. The molecule has 0 aromatic heterocycles. The van der Waals surface area contributed by atoms with Crippen LogP contribution >= 0.6 is 11.6 Å². The fourth-order valence-electron chi connectivity index (χ4n) is 2.62. The van der Waals surface area contributed by atoms with E-state index in [1.54, 1.807) is 6.07 Å². The van der Waals surface area contributed by atoms with Gasteiger partial charge in [0.15, 0.2) is 0 Å².